The third-order valence-corrected chi connectivity index (χ3v) is 14.6. The van der Waals surface area contributed by atoms with Crippen molar-refractivity contribution >= 4 is 122 Å². The number of aryl methyl sites for hydroxylation is 4. The summed E-state index contributed by atoms with van der Waals surface area (Å²) in [6.07, 6.45) is 0. The van der Waals surface area contributed by atoms with E-state index in [1.165, 1.54) is 6.07 Å². The van der Waals surface area contributed by atoms with Crippen LogP contribution in [0.2, 0.25) is 0 Å². The van der Waals surface area contributed by atoms with Gasteiger partial charge in [0.1, 0.15) is 23.0 Å². The van der Waals surface area contributed by atoms with Gasteiger partial charge in [-0.3, -0.25) is 9.80 Å². The zero-order valence-corrected chi connectivity index (χ0v) is 32.5. The third kappa shape index (κ3) is 4.21. The molecule has 7 aromatic carbocycles. The van der Waals surface area contributed by atoms with Gasteiger partial charge in [0.15, 0.2) is 0 Å². The van der Waals surface area contributed by atoms with E-state index in [0.29, 0.717) is 45.1 Å². The number of benzene rings is 7. The lowest BCUT2D eigenvalue weighted by molar-refractivity contribution is 0.477. The Balaban J connectivity index is 1.25. The zero-order valence-electron chi connectivity index (χ0n) is 39.9. The highest BCUT2D eigenvalue weighted by atomic mass is 32.1. The fourth-order valence-electron chi connectivity index (χ4n) is 9.80. The van der Waals surface area contributed by atoms with Crippen LogP contribution in [0, 0.1) is 27.5 Å². The molecule has 0 unspecified atom stereocenters. The van der Waals surface area contributed by atoms with Gasteiger partial charge in [-0.2, -0.15) is 0 Å². The Morgan fingerprint density at radius 1 is 0.483 bits per heavy atom. The number of nitrogens with zero attached hydrogens (tertiary/aromatic N) is 2. The predicted octanol–water partition coefficient (Wildman–Crippen LogP) is 10.2. The smallest absolute Gasteiger partial charge is 0.258 e. The Kier molecular flexibility index (Phi) is 5.08. The molecule has 0 N–H and O–H groups in total. The maximum atomic E-state index is 8.70. The lowest BCUT2D eigenvalue weighted by atomic mass is 9.31. The minimum absolute atomic E-state index is 0.235. The van der Waals surface area contributed by atoms with Crippen LogP contribution in [-0.2, 0) is 0 Å². The second-order valence-electron chi connectivity index (χ2n) is 15.4. The van der Waals surface area contributed by atoms with Gasteiger partial charge in [-0.05, 0) is 131 Å². The molecule has 0 radical (unpaired) electrons. The van der Waals surface area contributed by atoms with Crippen molar-refractivity contribution in [2.45, 2.75) is 27.5 Å². The normalized spacial score (nSPS) is 16.9. The van der Waals surface area contributed by atoms with E-state index in [4.69, 9.17) is 21.8 Å². The van der Waals surface area contributed by atoms with E-state index in [1.807, 2.05) is 85.8 Å². The first-order valence-electron chi connectivity index (χ1n) is 23.7. The number of anilines is 6. The molecular formula is C50H34B2N2O2S2. The van der Waals surface area contributed by atoms with Crippen molar-refractivity contribution in [3.05, 3.63) is 156 Å². The van der Waals surface area contributed by atoms with Gasteiger partial charge in [-0.15, -0.1) is 22.7 Å². The summed E-state index contributed by atoms with van der Waals surface area (Å²) >= 11 is 3.26. The van der Waals surface area contributed by atoms with Crippen molar-refractivity contribution < 1.29 is 21.8 Å². The molecule has 58 heavy (non-hydrogen) atoms. The quantitative estimate of drug-likeness (QED) is 0.163. The summed E-state index contributed by atoms with van der Waals surface area (Å²) in [5.41, 5.74) is 8.02. The van der Waals surface area contributed by atoms with E-state index in [-0.39, 0.29) is 22.4 Å². The van der Waals surface area contributed by atoms with Gasteiger partial charge in [0, 0.05) is 44.0 Å². The van der Waals surface area contributed by atoms with Gasteiger partial charge in [-0.25, -0.2) is 0 Å². The number of hydrogen-bond donors (Lipinski definition) is 0. The Bertz CT molecular complexity index is 3610. The molecule has 2 aromatic heterocycles. The standard InChI is InChI=1S/C50H34B2N2O2S2/c1-27-23-35-37(25-29(27)3)55-47-43-45(53(31-15-7-5-8-16-31)49-41(51(35)43)33-19-11-13-21-39(33)57-49)48-44-46(47)54(32-17-9-6-10-18-32)50-42(34-20-12-14-22-40(34)58-50)52(44)36-24-28(2)30(4)26-38(36)56-48/h5-26H,1-4H3/i1D3,2D3,3D3. The van der Waals surface area contributed by atoms with Crippen LogP contribution in [0.25, 0.3) is 20.2 Å². The number of rotatable bonds is 2. The van der Waals surface area contributed by atoms with Crippen molar-refractivity contribution in [2.75, 3.05) is 9.80 Å². The molecule has 0 saturated heterocycles. The molecule has 4 aliphatic heterocycles. The molecule has 9 aromatic rings. The Morgan fingerprint density at radius 2 is 0.897 bits per heavy atom. The molecule has 0 aliphatic carbocycles. The molecule has 8 heteroatoms. The summed E-state index contributed by atoms with van der Waals surface area (Å²) < 4.78 is 94.9. The zero-order chi connectivity index (χ0) is 46.1. The van der Waals surface area contributed by atoms with Crippen LogP contribution in [0.1, 0.15) is 34.6 Å². The SMILES string of the molecule is [2H]C([2H])([2H])c1cc2c(cc1C)Oc1c3c(c4c5c1N(c1ccccc1)c1sc6ccccc6c1B5c1cc(C([2H])([2H])[2H])c(C([2H])([2H])[2H])cc1O4)N(c1ccccc1)c1sc4ccccc4c1B23. The maximum Gasteiger partial charge on any atom is 0.258 e. The van der Waals surface area contributed by atoms with Crippen LogP contribution in [0.15, 0.2) is 133 Å². The molecule has 274 valence electrons. The molecular weight excluding hydrogens is 746 g/mol. The Morgan fingerprint density at radius 3 is 1.38 bits per heavy atom. The molecule has 0 spiro atoms. The largest absolute Gasteiger partial charge is 0.456 e. The second kappa shape index (κ2) is 11.7. The molecule has 4 nitrogen and oxygen atoms in total. The van der Waals surface area contributed by atoms with Gasteiger partial charge >= 0.3 is 0 Å². The summed E-state index contributed by atoms with van der Waals surface area (Å²) in [7, 11) is 0. The van der Waals surface area contributed by atoms with Crippen LogP contribution >= 0.6 is 22.7 Å². The maximum absolute atomic E-state index is 8.70. The number of para-hydroxylation sites is 2. The minimum atomic E-state index is -2.78. The summed E-state index contributed by atoms with van der Waals surface area (Å²) in [4.78, 5) is 4.45. The minimum Gasteiger partial charge on any atom is -0.456 e. The van der Waals surface area contributed by atoms with Gasteiger partial charge in [0.25, 0.3) is 13.4 Å². The topological polar surface area (TPSA) is 24.9 Å². The van der Waals surface area contributed by atoms with Crippen molar-refractivity contribution in [1.82, 2.24) is 0 Å². The molecule has 0 amide bonds. The molecule has 0 atom stereocenters. The fraction of sp³-hybridized carbons (Fsp3) is 0.0800. The van der Waals surface area contributed by atoms with Crippen molar-refractivity contribution in [3.8, 4) is 23.0 Å². The van der Waals surface area contributed by atoms with Gasteiger partial charge in [0.2, 0.25) is 0 Å². The summed E-state index contributed by atoms with van der Waals surface area (Å²) in [6.45, 7) is -7.35. The number of hydrogen-bond acceptors (Lipinski definition) is 6. The van der Waals surface area contributed by atoms with E-state index in [9.17, 15) is 0 Å². The summed E-state index contributed by atoms with van der Waals surface area (Å²) in [5, 5.41) is 3.81. The molecule has 0 saturated carbocycles. The number of thiophene rings is 2. The average Bonchev–Trinajstić information content (AvgIpc) is 3.88. The summed E-state index contributed by atoms with van der Waals surface area (Å²) in [5.74, 6) is 1.82. The first kappa shape index (κ1) is 25.2. The second-order valence-corrected chi connectivity index (χ2v) is 17.4. The van der Waals surface area contributed by atoms with Crippen LogP contribution in [-0.4, -0.2) is 13.4 Å². The van der Waals surface area contributed by atoms with Crippen LogP contribution in [0.3, 0.4) is 0 Å². The monoisotopic (exact) mass is 789 g/mol. The molecule has 6 heterocycles. The van der Waals surface area contributed by atoms with E-state index in [0.717, 1.165) is 63.4 Å². The molecule has 0 bridgehead atoms. The summed E-state index contributed by atoms with van der Waals surface area (Å²) in [6, 6.07) is 43.2. The lowest BCUT2D eigenvalue weighted by Gasteiger charge is -2.46. The van der Waals surface area contributed by atoms with E-state index in [2.05, 4.69) is 46.2 Å². The van der Waals surface area contributed by atoms with Crippen LogP contribution in [0.4, 0.5) is 32.8 Å². The van der Waals surface area contributed by atoms with Crippen molar-refractivity contribution in [1.29, 1.82) is 0 Å². The highest BCUT2D eigenvalue weighted by Gasteiger charge is 2.53. The van der Waals surface area contributed by atoms with Gasteiger partial charge in [0.05, 0.1) is 21.4 Å². The first-order chi connectivity index (χ1) is 32.1. The van der Waals surface area contributed by atoms with E-state index < -0.39 is 34.0 Å². The highest BCUT2D eigenvalue weighted by molar-refractivity contribution is 7.27. The average molecular weight is 790 g/mol. The fourth-order valence-corrected chi connectivity index (χ4v) is 12.3. The molecule has 4 aliphatic rings. The van der Waals surface area contributed by atoms with Crippen LogP contribution in [0.5, 0.6) is 23.0 Å². The third-order valence-electron chi connectivity index (χ3n) is 12.2. The highest BCUT2D eigenvalue weighted by Crippen LogP contribution is 2.56. The van der Waals surface area contributed by atoms with E-state index >= 15 is 0 Å². The van der Waals surface area contributed by atoms with Crippen LogP contribution < -0.4 is 52.1 Å². The number of ether oxygens (including phenoxy) is 2. The Labute approximate surface area is 358 Å². The lowest BCUT2D eigenvalue weighted by Crippen LogP contribution is -2.63. The first-order valence-corrected chi connectivity index (χ1v) is 20.9. The van der Waals surface area contributed by atoms with E-state index in [1.54, 1.807) is 34.8 Å². The predicted molar refractivity (Wildman–Crippen MR) is 248 cm³/mol. The number of fused-ring (bicyclic) bond motifs is 14. The molecule has 0 fully saturated rings. The van der Waals surface area contributed by atoms with Gasteiger partial charge < -0.3 is 9.47 Å². The van der Waals surface area contributed by atoms with Crippen molar-refractivity contribution in [2.24, 2.45) is 0 Å². The van der Waals surface area contributed by atoms with Crippen molar-refractivity contribution in [3.63, 3.8) is 0 Å². The molecule has 13 rings (SSSR count). The van der Waals surface area contributed by atoms with Gasteiger partial charge in [-0.1, -0.05) is 84.9 Å². The Hall–Kier alpha value is -6.21.